The number of hydrogen-bond acceptors (Lipinski definition) is 3. The summed E-state index contributed by atoms with van der Waals surface area (Å²) in [5.74, 6) is 0.0283. The first-order valence-electron chi connectivity index (χ1n) is 6.41. The summed E-state index contributed by atoms with van der Waals surface area (Å²) in [5, 5.41) is 6.14. The average molecular weight is 248 g/mol. The molecule has 0 spiro atoms. The van der Waals surface area contributed by atoms with Gasteiger partial charge in [-0.3, -0.25) is 10.1 Å². The predicted octanol–water partition coefficient (Wildman–Crippen LogP) is 1.37. The summed E-state index contributed by atoms with van der Waals surface area (Å²) < 4.78 is 5.55. The molecule has 1 aromatic rings. The van der Waals surface area contributed by atoms with Crippen molar-refractivity contribution in [3.05, 3.63) is 35.4 Å². The van der Waals surface area contributed by atoms with Crippen LogP contribution in [-0.2, 0) is 16.1 Å². The van der Waals surface area contributed by atoms with Crippen molar-refractivity contribution in [2.45, 2.75) is 32.5 Å². The molecule has 0 saturated carbocycles. The zero-order valence-electron chi connectivity index (χ0n) is 10.9. The summed E-state index contributed by atoms with van der Waals surface area (Å²) in [6, 6.07) is 8.07. The fraction of sp³-hybridized carbons (Fsp3) is 0.500. The molecule has 4 nitrogen and oxygen atoms in total. The van der Waals surface area contributed by atoms with Crippen LogP contribution in [0.2, 0.25) is 0 Å². The minimum absolute atomic E-state index is 0.0283. The average Bonchev–Trinajstić information content (AvgIpc) is 2.39. The van der Waals surface area contributed by atoms with E-state index in [2.05, 4.69) is 22.8 Å². The molecule has 18 heavy (non-hydrogen) atoms. The second-order valence-electron chi connectivity index (χ2n) is 4.55. The van der Waals surface area contributed by atoms with Crippen LogP contribution in [0.15, 0.2) is 24.3 Å². The van der Waals surface area contributed by atoms with Gasteiger partial charge in [0.05, 0.1) is 25.3 Å². The van der Waals surface area contributed by atoms with Crippen molar-refractivity contribution in [1.82, 2.24) is 10.6 Å². The van der Waals surface area contributed by atoms with Gasteiger partial charge in [0.15, 0.2) is 0 Å². The van der Waals surface area contributed by atoms with Gasteiger partial charge in [0.25, 0.3) is 0 Å². The molecule has 4 heteroatoms. The van der Waals surface area contributed by atoms with Gasteiger partial charge < -0.3 is 10.1 Å². The summed E-state index contributed by atoms with van der Waals surface area (Å²) in [7, 11) is 0. The Bertz CT molecular complexity index is 420. The summed E-state index contributed by atoms with van der Waals surface area (Å²) in [6.07, 6.45) is 0. The van der Waals surface area contributed by atoms with Crippen molar-refractivity contribution in [1.29, 1.82) is 0 Å². The lowest BCUT2D eigenvalue weighted by Gasteiger charge is -2.28. The van der Waals surface area contributed by atoms with E-state index in [1.54, 1.807) is 0 Å². The molecule has 98 valence electrons. The number of likely N-dealkylation sites (N-methyl/N-ethyl adjacent to an activating group) is 1. The van der Waals surface area contributed by atoms with Gasteiger partial charge in [-0.25, -0.2) is 0 Å². The summed E-state index contributed by atoms with van der Waals surface area (Å²) >= 11 is 0. The highest BCUT2D eigenvalue weighted by Crippen LogP contribution is 2.24. The fourth-order valence-corrected chi connectivity index (χ4v) is 2.22. The van der Waals surface area contributed by atoms with E-state index in [1.165, 1.54) is 11.1 Å². The molecule has 0 aromatic heterocycles. The van der Waals surface area contributed by atoms with Gasteiger partial charge in [-0.05, 0) is 25.0 Å². The third-order valence-corrected chi connectivity index (χ3v) is 3.17. The third kappa shape index (κ3) is 2.89. The fourth-order valence-electron chi connectivity index (χ4n) is 2.22. The first kappa shape index (κ1) is 13.1. The lowest BCUT2D eigenvalue weighted by Crippen LogP contribution is -2.45. The van der Waals surface area contributed by atoms with Crippen LogP contribution in [-0.4, -0.2) is 25.1 Å². The van der Waals surface area contributed by atoms with Gasteiger partial charge in [0, 0.05) is 6.54 Å². The van der Waals surface area contributed by atoms with Crippen molar-refractivity contribution in [2.75, 3.05) is 13.2 Å². The Labute approximate surface area is 108 Å². The number of rotatable bonds is 4. The highest BCUT2D eigenvalue weighted by molar-refractivity contribution is 5.81. The highest BCUT2D eigenvalue weighted by atomic mass is 16.5. The van der Waals surface area contributed by atoms with Crippen LogP contribution in [0.25, 0.3) is 0 Å². The van der Waals surface area contributed by atoms with E-state index in [1.807, 2.05) is 26.0 Å². The number of carbonyl (C=O) groups is 1. The first-order chi connectivity index (χ1) is 8.72. The normalized spacial score (nSPS) is 20.0. The van der Waals surface area contributed by atoms with Gasteiger partial charge >= 0.3 is 0 Å². The Morgan fingerprint density at radius 2 is 2.28 bits per heavy atom. The van der Waals surface area contributed by atoms with Gasteiger partial charge in [-0.1, -0.05) is 24.3 Å². The predicted molar refractivity (Wildman–Crippen MR) is 70.1 cm³/mol. The monoisotopic (exact) mass is 248 g/mol. The number of hydrogen-bond donors (Lipinski definition) is 2. The summed E-state index contributed by atoms with van der Waals surface area (Å²) in [4.78, 5) is 11.7. The van der Waals surface area contributed by atoms with Crippen LogP contribution in [0.1, 0.15) is 31.0 Å². The third-order valence-electron chi connectivity index (χ3n) is 3.17. The molecular formula is C14H20N2O2. The molecule has 1 aliphatic heterocycles. The van der Waals surface area contributed by atoms with Gasteiger partial charge in [0.2, 0.25) is 5.91 Å². The van der Waals surface area contributed by atoms with Crippen molar-refractivity contribution < 1.29 is 9.53 Å². The van der Waals surface area contributed by atoms with E-state index in [0.29, 0.717) is 19.8 Å². The molecule has 2 N–H and O–H groups in total. The van der Waals surface area contributed by atoms with Crippen LogP contribution >= 0.6 is 0 Å². The van der Waals surface area contributed by atoms with E-state index < -0.39 is 0 Å². The number of carbonyl (C=O) groups excluding carboxylic acids is 1. The maximum absolute atomic E-state index is 11.7. The molecule has 0 radical (unpaired) electrons. The van der Waals surface area contributed by atoms with E-state index in [4.69, 9.17) is 4.74 Å². The van der Waals surface area contributed by atoms with Crippen LogP contribution in [0.3, 0.4) is 0 Å². The Kier molecular flexibility index (Phi) is 4.33. The number of nitrogens with one attached hydrogen (secondary N) is 2. The van der Waals surface area contributed by atoms with Crippen LogP contribution < -0.4 is 10.6 Å². The van der Waals surface area contributed by atoms with E-state index in [0.717, 1.165) is 0 Å². The lowest BCUT2D eigenvalue weighted by molar-refractivity contribution is -0.123. The molecule has 2 rings (SSSR count). The zero-order valence-corrected chi connectivity index (χ0v) is 10.9. The maximum atomic E-state index is 11.7. The number of ether oxygens (including phenoxy) is 1. The molecule has 0 aliphatic carbocycles. The molecule has 1 heterocycles. The van der Waals surface area contributed by atoms with Gasteiger partial charge in [0.1, 0.15) is 0 Å². The molecule has 1 aliphatic rings. The minimum atomic E-state index is -0.218. The molecular weight excluding hydrogens is 228 g/mol. The number of amides is 1. The zero-order chi connectivity index (χ0) is 13.0. The lowest BCUT2D eigenvalue weighted by atomic mass is 9.98. The van der Waals surface area contributed by atoms with Gasteiger partial charge in [-0.15, -0.1) is 0 Å². The van der Waals surface area contributed by atoms with E-state index in [9.17, 15) is 4.79 Å². The minimum Gasteiger partial charge on any atom is -0.375 e. The summed E-state index contributed by atoms with van der Waals surface area (Å²) in [5.41, 5.74) is 2.43. The van der Waals surface area contributed by atoms with Crippen molar-refractivity contribution in [3.8, 4) is 0 Å². The maximum Gasteiger partial charge on any atom is 0.236 e. The molecule has 0 fully saturated rings. The second-order valence-corrected chi connectivity index (χ2v) is 4.55. The van der Waals surface area contributed by atoms with Crippen LogP contribution in [0.4, 0.5) is 0 Å². The van der Waals surface area contributed by atoms with Crippen LogP contribution in [0, 0.1) is 0 Å². The highest BCUT2D eigenvalue weighted by Gasteiger charge is 2.23. The Morgan fingerprint density at radius 1 is 1.50 bits per heavy atom. The first-order valence-corrected chi connectivity index (χ1v) is 6.41. The smallest absolute Gasteiger partial charge is 0.236 e. The standard InChI is InChI=1S/C14H20N2O2/c1-3-15-14(17)10(2)16-13-9-18-8-11-6-4-5-7-12(11)13/h4-7,10,13,16H,3,8-9H2,1-2H3,(H,15,17). The quantitative estimate of drug-likeness (QED) is 0.846. The second kappa shape index (κ2) is 5.98. The molecule has 1 aromatic carbocycles. The molecule has 0 bridgehead atoms. The summed E-state index contributed by atoms with van der Waals surface area (Å²) in [6.45, 7) is 5.72. The largest absolute Gasteiger partial charge is 0.375 e. The molecule has 0 saturated heterocycles. The number of fused-ring (bicyclic) bond motifs is 1. The van der Waals surface area contributed by atoms with Gasteiger partial charge in [-0.2, -0.15) is 0 Å². The van der Waals surface area contributed by atoms with Crippen LogP contribution in [0.5, 0.6) is 0 Å². The molecule has 2 unspecified atom stereocenters. The van der Waals surface area contributed by atoms with E-state index >= 15 is 0 Å². The van der Waals surface area contributed by atoms with Crippen molar-refractivity contribution in [2.24, 2.45) is 0 Å². The number of benzene rings is 1. The van der Waals surface area contributed by atoms with E-state index in [-0.39, 0.29) is 18.0 Å². The Balaban J connectivity index is 2.05. The molecule has 1 amide bonds. The SMILES string of the molecule is CCNC(=O)C(C)NC1COCc2ccccc21. The molecule has 2 atom stereocenters. The van der Waals surface area contributed by atoms with Crippen molar-refractivity contribution in [3.63, 3.8) is 0 Å². The Morgan fingerprint density at radius 3 is 3.06 bits per heavy atom. The van der Waals surface area contributed by atoms with Crippen molar-refractivity contribution >= 4 is 5.91 Å². The Hall–Kier alpha value is -1.39. The topological polar surface area (TPSA) is 50.4 Å².